The number of hydrogen-bond acceptors (Lipinski definition) is 6. The van der Waals surface area contributed by atoms with Crippen molar-refractivity contribution in [1.82, 2.24) is 0 Å². The average Bonchev–Trinajstić information content (AvgIpc) is 2.52. The largest absolute Gasteiger partial charge is 0.510 e. The van der Waals surface area contributed by atoms with Gasteiger partial charge in [0.15, 0.2) is 5.78 Å². The van der Waals surface area contributed by atoms with E-state index < -0.39 is 5.92 Å². The number of hydrogen-bond donors (Lipinski definition) is 1. The first-order valence-corrected chi connectivity index (χ1v) is 9.71. The number of ketones is 1. The molecule has 0 bridgehead atoms. The smallest absolute Gasteiger partial charge is 0.168 e. The minimum atomic E-state index is -0.652. The van der Waals surface area contributed by atoms with E-state index in [2.05, 4.69) is 25.1 Å². The van der Waals surface area contributed by atoms with Gasteiger partial charge in [-0.1, -0.05) is 32.3 Å². The van der Waals surface area contributed by atoms with Crippen LogP contribution in [0.3, 0.4) is 0 Å². The van der Waals surface area contributed by atoms with Gasteiger partial charge in [-0.2, -0.15) is 17.0 Å². The molecule has 3 atom stereocenters. The van der Waals surface area contributed by atoms with Gasteiger partial charge in [-0.3, -0.25) is 4.79 Å². The highest BCUT2D eigenvalue weighted by molar-refractivity contribution is 7.99. The molecule has 6 heteroatoms. The van der Waals surface area contributed by atoms with Crippen molar-refractivity contribution in [2.75, 3.05) is 12.4 Å². The van der Waals surface area contributed by atoms with Gasteiger partial charge in [-0.15, -0.1) is 0 Å². The number of allylic oxidation sites excluding steroid dienone is 2. The standard InChI is InChI=1S/C18H28N2O3S/c1-5-8-15(20-23-6-2)17-16(21)10-13(9-12(4)24-7-3)14(11-19)18(17)22/h12-14,22H,5-10H2,1-4H3. The molecule has 0 saturated carbocycles. The summed E-state index contributed by atoms with van der Waals surface area (Å²) < 4.78 is 0. The molecular weight excluding hydrogens is 324 g/mol. The van der Waals surface area contributed by atoms with Crippen LogP contribution in [0.25, 0.3) is 0 Å². The van der Waals surface area contributed by atoms with E-state index in [4.69, 9.17) is 4.84 Å². The summed E-state index contributed by atoms with van der Waals surface area (Å²) in [6, 6.07) is 2.19. The molecule has 0 saturated heterocycles. The van der Waals surface area contributed by atoms with Gasteiger partial charge in [0.25, 0.3) is 0 Å². The van der Waals surface area contributed by atoms with Gasteiger partial charge in [-0.25, -0.2) is 0 Å². The third-order valence-electron chi connectivity index (χ3n) is 4.05. The van der Waals surface area contributed by atoms with Gasteiger partial charge in [0.05, 0.1) is 17.4 Å². The minimum absolute atomic E-state index is 0.126. The molecule has 0 amide bonds. The Balaban J connectivity index is 3.13. The summed E-state index contributed by atoms with van der Waals surface area (Å²) in [7, 11) is 0. The second kappa shape index (κ2) is 10.4. The van der Waals surface area contributed by atoms with E-state index in [-0.39, 0.29) is 29.5 Å². The van der Waals surface area contributed by atoms with Crippen molar-refractivity contribution in [3.63, 3.8) is 0 Å². The predicted molar refractivity (Wildman–Crippen MR) is 98.1 cm³/mol. The number of thioether (sulfide) groups is 1. The quantitative estimate of drug-likeness (QED) is 0.495. The lowest BCUT2D eigenvalue weighted by Crippen LogP contribution is -2.32. The Morgan fingerprint density at radius 3 is 2.75 bits per heavy atom. The summed E-state index contributed by atoms with van der Waals surface area (Å²) >= 11 is 1.80. The molecule has 1 N–H and O–H groups in total. The van der Waals surface area contributed by atoms with E-state index >= 15 is 0 Å². The van der Waals surface area contributed by atoms with E-state index in [0.717, 1.165) is 18.6 Å². The van der Waals surface area contributed by atoms with Crippen LogP contribution in [0.4, 0.5) is 0 Å². The Labute approximate surface area is 149 Å². The van der Waals surface area contributed by atoms with E-state index in [1.54, 1.807) is 11.8 Å². The molecule has 0 heterocycles. The molecule has 0 spiro atoms. The SMILES string of the molecule is CCCC(=NOCC)C1=C(O)C(C#N)C(CC(C)SCC)CC1=O. The van der Waals surface area contributed by atoms with Crippen LogP contribution in [-0.2, 0) is 9.63 Å². The number of oxime groups is 1. The van der Waals surface area contributed by atoms with Crippen LogP contribution >= 0.6 is 11.8 Å². The summed E-state index contributed by atoms with van der Waals surface area (Å²) in [6.07, 6.45) is 2.34. The summed E-state index contributed by atoms with van der Waals surface area (Å²) in [6.45, 7) is 8.37. The van der Waals surface area contributed by atoms with E-state index in [1.165, 1.54) is 0 Å². The predicted octanol–water partition coefficient (Wildman–Crippen LogP) is 4.25. The van der Waals surface area contributed by atoms with Crippen LogP contribution in [0.2, 0.25) is 0 Å². The molecule has 0 aromatic carbocycles. The Hall–Kier alpha value is -1.48. The Morgan fingerprint density at radius 1 is 1.50 bits per heavy atom. The van der Waals surface area contributed by atoms with Crippen molar-refractivity contribution >= 4 is 23.3 Å². The Morgan fingerprint density at radius 2 is 2.21 bits per heavy atom. The van der Waals surface area contributed by atoms with Crippen LogP contribution in [0.1, 0.15) is 53.4 Å². The van der Waals surface area contributed by atoms with E-state index in [0.29, 0.717) is 24.0 Å². The van der Waals surface area contributed by atoms with Gasteiger partial charge in [0.1, 0.15) is 18.3 Å². The van der Waals surface area contributed by atoms with Crippen LogP contribution in [0.5, 0.6) is 0 Å². The maximum atomic E-state index is 12.6. The number of rotatable bonds is 9. The molecular formula is C18H28N2O3S. The number of nitriles is 1. The van der Waals surface area contributed by atoms with Gasteiger partial charge >= 0.3 is 0 Å². The highest BCUT2D eigenvalue weighted by Gasteiger charge is 2.39. The zero-order valence-electron chi connectivity index (χ0n) is 15.0. The highest BCUT2D eigenvalue weighted by Crippen LogP contribution is 2.37. The highest BCUT2D eigenvalue weighted by atomic mass is 32.2. The topological polar surface area (TPSA) is 82.7 Å². The molecule has 0 aliphatic heterocycles. The van der Waals surface area contributed by atoms with Gasteiger partial charge < -0.3 is 9.94 Å². The Kier molecular flexibility index (Phi) is 8.91. The van der Waals surface area contributed by atoms with Gasteiger partial charge in [0.2, 0.25) is 0 Å². The maximum Gasteiger partial charge on any atom is 0.168 e. The van der Waals surface area contributed by atoms with Crippen molar-refractivity contribution < 1.29 is 14.7 Å². The van der Waals surface area contributed by atoms with E-state index in [9.17, 15) is 15.2 Å². The summed E-state index contributed by atoms with van der Waals surface area (Å²) in [5, 5.41) is 24.5. The summed E-state index contributed by atoms with van der Waals surface area (Å²) in [5.74, 6) is -0.0612. The lowest BCUT2D eigenvalue weighted by Gasteiger charge is -2.29. The van der Waals surface area contributed by atoms with Gasteiger partial charge in [0, 0.05) is 11.7 Å². The first-order valence-electron chi connectivity index (χ1n) is 8.66. The molecule has 1 aliphatic carbocycles. The Bertz CT molecular complexity index is 537. The average molecular weight is 353 g/mol. The first kappa shape index (κ1) is 20.6. The minimum Gasteiger partial charge on any atom is -0.510 e. The normalized spacial score (nSPS) is 23.1. The molecule has 5 nitrogen and oxygen atoms in total. The number of aliphatic hydroxyl groups is 1. The second-order valence-electron chi connectivity index (χ2n) is 5.96. The summed E-state index contributed by atoms with van der Waals surface area (Å²) in [5.41, 5.74) is 0.653. The van der Waals surface area contributed by atoms with Crippen LogP contribution < -0.4 is 0 Å². The van der Waals surface area contributed by atoms with E-state index in [1.807, 2.05) is 13.8 Å². The molecule has 3 unspecified atom stereocenters. The maximum absolute atomic E-state index is 12.6. The third-order valence-corrected chi connectivity index (χ3v) is 5.15. The van der Waals surface area contributed by atoms with Crippen LogP contribution in [0.15, 0.2) is 16.5 Å². The number of Topliss-reactive ketones (excluding diaryl/α,β-unsaturated/α-hetero) is 1. The monoisotopic (exact) mass is 352 g/mol. The number of carbonyl (C=O) groups is 1. The van der Waals surface area contributed by atoms with Crippen LogP contribution in [-0.4, -0.2) is 34.2 Å². The fourth-order valence-corrected chi connectivity index (χ4v) is 4.00. The number of nitrogens with zero attached hydrogens (tertiary/aromatic N) is 2. The molecule has 134 valence electrons. The zero-order valence-corrected chi connectivity index (χ0v) is 15.9. The molecule has 0 radical (unpaired) electrons. The third kappa shape index (κ3) is 5.27. The van der Waals surface area contributed by atoms with Crippen molar-refractivity contribution in [2.24, 2.45) is 17.0 Å². The van der Waals surface area contributed by atoms with Crippen molar-refractivity contribution in [3.8, 4) is 6.07 Å². The van der Waals surface area contributed by atoms with Crippen LogP contribution in [0, 0.1) is 23.2 Å². The molecule has 1 rings (SSSR count). The van der Waals surface area contributed by atoms with Crippen molar-refractivity contribution in [3.05, 3.63) is 11.3 Å². The fraction of sp³-hybridized carbons (Fsp3) is 0.722. The molecule has 1 aliphatic rings. The first-order chi connectivity index (χ1) is 11.5. The number of carbonyl (C=O) groups excluding carboxylic acids is 1. The molecule has 0 aromatic rings. The fourth-order valence-electron chi connectivity index (χ4n) is 3.05. The number of aliphatic hydroxyl groups excluding tert-OH is 1. The molecule has 0 fully saturated rings. The summed E-state index contributed by atoms with van der Waals surface area (Å²) in [4.78, 5) is 17.7. The van der Waals surface area contributed by atoms with Gasteiger partial charge in [-0.05, 0) is 31.4 Å². The second-order valence-corrected chi connectivity index (χ2v) is 7.68. The molecule has 24 heavy (non-hydrogen) atoms. The van der Waals surface area contributed by atoms with Crippen molar-refractivity contribution in [2.45, 2.75) is 58.6 Å². The molecule has 0 aromatic heterocycles. The lowest BCUT2D eigenvalue weighted by atomic mass is 9.75. The zero-order chi connectivity index (χ0) is 18.1. The lowest BCUT2D eigenvalue weighted by molar-refractivity contribution is -0.117. The van der Waals surface area contributed by atoms with Crippen molar-refractivity contribution in [1.29, 1.82) is 5.26 Å².